The van der Waals surface area contributed by atoms with Crippen LogP contribution in [0.1, 0.15) is 28.9 Å². The van der Waals surface area contributed by atoms with Gasteiger partial charge in [0.05, 0.1) is 34.3 Å². The van der Waals surface area contributed by atoms with E-state index in [9.17, 15) is 13.2 Å². The molecule has 0 radical (unpaired) electrons. The van der Waals surface area contributed by atoms with E-state index in [4.69, 9.17) is 11.6 Å². The van der Waals surface area contributed by atoms with E-state index in [1.54, 1.807) is 47.2 Å². The summed E-state index contributed by atoms with van der Waals surface area (Å²) >= 11 is 6.23. The number of hydrogen-bond acceptors (Lipinski definition) is 5. The highest BCUT2D eigenvalue weighted by atomic mass is 35.5. The van der Waals surface area contributed by atoms with Gasteiger partial charge in [-0.05, 0) is 25.1 Å². The number of sulfone groups is 1. The van der Waals surface area contributed by atoms with Gasteiger partial charge in [-0.25, -0.2) is 8.42 Å². The number of halogens is 1. The van der Waals surface area contributed by atoms with Crippen molar-refractivity contribution in [3.05, 3.63) is 46.7 Å². The second-order valence-electron chi connectivity index (χ2n) is 6.20. The summed E-state index contributed by atoms with van der Waals surface area (Å²) in [5.74, 6) is -0.450. The maximum absolute atomic E-state index is 13.2. The van der Waals surface area contributed by atoms with E-state index in [-0.39, 0.29) is 24.0 Å². The van der Waals surface area contributed by atoms with E-state index in [1.807, 2.05) is 6.92 Å². The lowest BCUT2D eigenvalue weighted by Crippen LogP contribution is -2.46. The van der Waals surface area contributed by atoms with Crippen LogP contribution in [0, 0.1) is 0 Å². The van der Waals surface area contributed by atoms with E-state index < -0.39 is 15.9 Å². The molecule has 2 aromatic rings. The molecule has 0 bridgehead atoms. The number of hydrogen-bond donors (Lipinski definition) is 1. The number of aryl methyl sites for hydroxylation is 1. The summed E-state index contributed by atoms with van der Waals surface area (Å²) in [5.41, 5.74) is 1.83. The first-order chi connectivity index (χ1) is 12.3. The molecule has 1 N–H and O–H groups in total. The molecule has 3 rings (SSSR count). The Morgan fingerprint density at radius 2 is 2.19 bits per heavy atom. The van der Waals surface area contributed by atoms with Gasteiger partial charge in [0.25, 0.3) is 5.91 Å². The molecule has 140 valence electrons. The summed E-state index contributed by atoms with van der Waals surface area (Å²) in [4.78, 5) is 14.7. The smallest absolute Gasteiger partial charge is 0.256 e. The third-order valence-corrected chi connectivity index (χ3v) is 6.50. The van der Waals surface area contributed by atoms with Crippen molar-refractivity contribution >= 4 is 33.0 Å². The van der Waals surface area contributed by atoms with Gasteiger partial charge < -0.3 is 10.2 Å². The minimum atomic E-state index is -3.23. The van der Waals surface area contributed by atoms with E-state index in [2.05, 4.69) is 10.4 Å². The first-order valence-corrected chi connectivity index (χ1v) is 10.6. The molecule has 1 aliphatic heterocycles. The Morgan fingerprint density at radius 1 is 1.42 bits per heavy atom. The van der Waals surface area contributed by atoms with E-state index >= 15 is 0 Å². The first kappa shape index (κ1) is 18.7. The number of carbonyl (C=O) groups excluding carboxylic acids is 1. The average Bonchev–Trinajstić information content (AvgIpc) is 3.10. The molecule has 0 aliphatic carbocycles. The van der Waals surface area contributed by atoms with Gasteiger partial charge in [-0.3, -0.25) is 9.48 Å². The quantitative estimate of drug-likeness (QED) is 0.856. The highest BCUT2D eigenvalue weighted by Crippen LogP contribution is 2.30. The number of amides is 1. The molecule has 1 fully saturated rings. The van der Waals surface area contributed by atoms with Crippen LogP contribution in [0.15, 0.2) is 30.6 Å². The molecular formula is C17H21ClN4O3S. The molecule has 1 atom stereocenters. The fraction of sp³-hybridized carbons (Fsp3) is 0.412. The van der Waals surface area contributed by atoms with E-state index in [1.165, 1.54) is 0 Å². The van der Waals surface area contributed by atoms with E-state index in [0.717, 1.165) is 5.69 Å². The largest absolute Gasteiger partial charge is 0.388 e. The number of carbonyl (C=O) groups is 1. The fourth-order valence-corrected chi connectivity index (χ4v) is 4.74. The Balaban J connectivity index is 1.99. The van der Waals surface area contributed by atoms with Crippen molar-refractivity contribution < 1.29 is 13.2 Å². The molecule has 1 unspecified atom stereocenters. The van der Waals surface area contributed by atoms with Crippen LogP contribution in [0.4, 0.5) is 5.69 Å². The summed E-state index contributed by atoms with van der Waals surface area (Å²) in [7, 11) is -1.47. The third-order valence-electron chi connectivity index (χ3n) is 4.54. The van der Waals surface area contributed by atoms with Gasteiger partial charge in [0.15, 0.2) is 9.84 Å². The van der Waals surface area contributed by atoms with E-state index in [0.29, 0.717) is 22.7 Å². The molecule has 1 saturated heterocycles. The topological polar surface area (TPSA) is 84.3 Å². The van der Waals surface area contributed by atoms with Gasteiger partial charge in [-0.1, -0.05) is 11.6 Å². The van der Waals surface area contributed by atoms with Gasteiger partial charge in [-0.15, -0.1) is 0 Å². The van der Waals surface area contributed by atoms with Crippen LogP contribution >= 0.6 is 11.6 Å². The molecule has 1 amide bonds. The molecule has 1 aromatic heterocycles. The number of benzene rings is 1. The summed E-state index contributed by atoms with van der Waals surface area (Å²) in [6.07, 6.45) is 3.42. The standard InChI is InChI=1S/C17H21ClN4O3S/c1-3-21-10-12(9-20-21)16-11-26(24,25)7-6-22(16)17(23)14-8-13(19-2)4-5-15(14)18/h4-5,8-10,16,19H,3,6-7,11H2,1-2H3. The van der Waals surface area contributed by atoms with Gasteiger partial charge in [0.2, 0.25) is 0 Å². The van der Waals surface area contributed by atoms with Crippen LogP contribution in [0.25, 0.3) is 0 Å². The molecule has 0 spiro atoms. The Kier molecular flexibility index (Phi) is 5.24. The molecule has 26 heavy (non-hydrogen) atoms. The maximum Gasteiger partial charge on any atom is 0.256 e. The van der Waals surface area contributed by atoms with Crippen LogP contribution in [0.5, 0.6) is 0 Å². The molecule has 2 heterocycles. The van der Waals surface area contributed by atoms with Crippen molar-refractivity contribution in [2.45, 2.75) is 19.5 Å². The monoisotopic (exact) mass is 396 g/mol. The highest BCUT2D eigenvalue weighted by Gasteiger charge is 2.36. The van der Waals surface area contributed by atoms with Crippen LogP contribution < -0.4 is 5.32 Å². The Labute approximate surface area is 157 Å². The minimum Gasteiger partial charge on any atom is -0.388 e. The SMILES string of the molecule is CCn1cc(C2CS(=O)(=O)CCN2C(=O)c2cc(NC)ccc2Cl)cn1. The fourth-order valence-electron chi connectivity index (χ4n) is 3.05. The number of nitrogens with one attached hydrogen (secondary N) is 1. The normalized spacial score (nSPS) is 19.3. The van der Waals surface area contributed by atoms with Gasteiger partial charge in [-0.2, -0.15) is 5.10 Å². The lowest BCUT2D eigenvalue weighted by atomic mass is 10.1. The zero-order valence-electron chi connectivity index (χ0n) is 14.6. The van der Waals surface area contributed by atoms with Crippen molar-refractivity contribution in [2.24, 2.45) is 0 Å². The average molecular weight is 397 g/mol. The highest BCUT2D eigenvalue weighted by molar-refractivity contribution is 7.91. The summed E-state index contributed by atoms with van der Waals surface area (Å²) in [5, 5.41) is 7.54. The number of rotatable bonds is 4. The lowest BCUT2D eigenvalue weighted by molar-refractivity contribution is 0.0697. The Morgan fingerprint density at radius 3 is 2.85 bits per heavy atom. The molecule has 7 nitrogen and oxygen atoms in total. The van der Waals surface area contributed by atoms with Crippen LogP contribution in [-0.4, -0.2) is 54.1 Å². The molecule has 1 aliphatic rings. The summed E-state index contributed by atoms with van der Waals surface area (Å²) in [6, 6.07) is 4.55. The Hall–Kier alpha value is -2.06. The van der Waals surface area contributed by atoms with Gasteiger partial charge in [0, 0.05) is 37.6 Å². The van der Waals surface area contributed by atoms with Gasteiger partial charge in [0.1, 0.15) is 0 Å². The zero-order valence-corrected chi connectivity index (χ0v) is 16.2. The second-order valence-corrected chi connectivity index (χ2v) is 8.84. The predicted octanol–water partition coefficient (Wildman–Crippen LogP) is 2.21. The number of aromatic nitrogens is 2. The van der Waals surface area contributed by atoms with Crippen LogP contribution in [-0.2, 0) is 16.4 Å². The van der Waals surface area contributed by atoms with Gasteiger partial charge >= 0.3 is 0 Å². The maximum atomic E-state index is 13.2. The van der Waals surface area contributed by atoms with Crippen molar-refractivity contribution in [1.82, 2.24) is 14.7 Å². The van der Waals surface area contributed by atoms with Crippen molar-refractivity contribution in [3.63, 3.8) is 0 Å². The molecular weight excluding hydrogens is 376 g/mol. The van der Waals surface area contributed by atoms with Crippen molar-refractivity contribution in [1.29, 1.82) is 0 Å². The molecule has 0 saturated carbocycles. The summed E-state index contributed by atoms with van der Waals surface area (Å²) in [6.45, 7) is 2.74. The van der Waals surface area contributed by atoms with Crippen LogP contribution in [0.2, 0.25) is 5.02 Å². The zero-order chi connectivity index (χ0) is 18.9. The Bertz CT molecular complexity index is 926. The number of nitrogens with zero attached hydrogens (tertiary/aromatic N) is 3. The molecule has 9 heteroatoms. The predicted molar refractivity (Wildman–Crippen MR) is 101 cm³/mol. The lowest BCUT2D eigenvalue weighted by Gasteiger charge is -2.35. The first-order valence-electron chi connectivity index (χ1n) is 8.35. The molecule has 1 aromatic carbocycles. The van der Waals surface area contributed by atoms with Crippen LogP contribution in [0.3, 0.4) is 0 Å². The number of anilines is 1. The van der Waals surface area contributed by atoms with Crippen molar-refractivity contribution in [2.75, 3.05) is 30.4 Å². The second kappa shape index (κ2) is 7.28. The van der Waals surface area contributed by atoms with Crippen molar-refractivity contribution in [3.8, 4) is 0 Å². The summed E-state index contributed by atoms with van der Waals surface area (Å²) < 4.78 is 26.1. The third kappa shape index (κ3) is 3.71. The minimum absolute atomic E-state index is 0.0551.